The van der Waals surface area contributed by atoms with Gasteiger partial charge < -0.3 is 4.74 Å². The third-order valence-corrected chi connectivity index (χ3v) is 5.99. The smallest absolute Gasteiger partial charge is 0.242 e. The zero-order valence-corrected chi connectivity index (χ0v) is 13.2. The number of nitrogens with zero attached hydrogens (tertiary/aromatic N) is 1. The molecular weight excluding hydrogens is 320 g/mol. The molecule has 0 saturated heterocycles. The van der Waals surface area contributed by atoms with Gasteiger partial charge in [-0.15, -0.1) is 11.3 Å². The standard InChI is InChI=1S/C15H14N2O3S2/c16-10-14-15(6-7-21-14)22(18,19)17-11-8-13(9-11)20-12-4-2-1-3-5-12/h1-7,11,13,17H,8-9H2. The molecular formula is C15H14N2O3S2. The number of thiophene rings is 1. The lowest BCUT2D eigenvalue weighted by atomic mass is 9.90. The quantitative estimate of drug-likeness (QED) is 0.911. The van der Waals surface area contributed by atoms with Crippen molar-refractivity contribution in [3.8, 4) is 11.8 Å². The third kappa shape index (κ3) is 3.14. The Balaban J connectivity index is 1.57. The first-order valence-corrected chi connectivity index (χ1v) is 9.16. The molecule has 22 heavy (non-hydrogen) atoms. The predicted octanol–water partition coefficient (Wildman–Crippen LogP) is 2.51. The number of nitriles is 1. The summed E-state index contributed by atoms with van der Waals surface area (Å²) >= 11 is 1.13. The van der Waals surface area contributed by atoms with E-state index in [2.05, 4.69) is 4.72 Å². The van der Waals surface area contributed by atoms with E-state index in [1.54, 1.807) is 5.38 Å². The highest BCUT2D eigenvalue weighted by Crippen LogP contribution is 2.28. The minimum absolute atomic E-state index is 0.0213. The number of nitrogens with one attached hydrogen (secondary N) is 1. The third-order valence-electron chi connectivity index (χ3n) is 3.48. The van der Waals surface area contributed by atoms with Gasteiger partial charge in [0, 0.05) is 18.9 Å². The Bertz CT molecular complexity index is 788. The minimum Gasteiger partial charge on any atom is -0.490 e. The van der Waals surface area contributed by atoms with Crippen LogP contribution >= 0.6 is 11.3 Å². The van der Waals surface area contributed by atoms with E-state index >= 15 is 0 Å². The Hall–Kier alpha value is -1.88. The maximum atomic E-state index is 12.2. The molecule has 0 atom stereocenters. The lowest BCUT2D eigenvalue weighted by molar-refractivity contribution is 0.0945. The van der Waals surface area contributed by atoms with Crippen LogP contribution in [0.3, 0.4) is 0 Å². The van der Waals surface area contributed by atoms with Gasteiger partial charge in [0.1, 0.15) is 27.7 Å². The van der Waals surface area contributed by atoms with Crippen LogP contribution in [-0.4, -0.2) is 20.6 Å². The summed E-state index contributed by atoms with van der Waals surface area (Å²) in [5.41, 5.74) is 0. The molecule has 2 aromatic rings. The first-order chi connectivity index (χ1) is 10.6. The molecule has 1 fully saturated rings. The molecule has 0 amide bonds. The molecule has 1 heterocycles. The van der Waals surface area contributed by atoms with E-state index in [-0.39, 0.29) is 21.9 Å². The van der Waals surface area contributed by atoms with Crippen LogP contribution in [0.4, 0.5) is 0 Å². The number of benzene rings is 1. The van der Waals surface area contributed by atoms with E-state index in [0.29, 0.717) is 12.8 Å². The first kappa shape index (κ1) is 15.0. The Kier molecular flexibility index (Phi) is 4.16. The van der Waals surface area contributed by atoms with Crippen molar-refractivity contribution in [1.29, 1.82) is 5.26 Å². The zero-order valence-electron chi connectivity index (χ0n) is 11.6. The second-order valence-electron chi connectivity index (χ2n) is 5.07. The lowest BCUT2D eigenvalue weighted by Gasteiger charge is -2.35. The van der Waals surface area contributed by atoms with Gasteiger partial charge in [0.15, 0.2) is 0 Å². The normalized spacial score (nSPS) is 20.9. The number of hydrogen-bond acceptors (Lipinski definition) is 5. The van der Waals surface area contributed by atoms with Crippen LogP contribution in [0.1, 0.15) is 17.7 Å². The van der Waals surface area contributed by atoms with Crippen molar-refractivity contribution in [2.24, 2.45) is 0 Å². The molecule has 1 aliphatic carbocycles. The fraction of sp³-hybridized carbons (Fsp3) is 0.267. The molecule has 5 nitrogen and oxygen atoms in total. The summed E-state index contributed by atoms with van der Waals surface area (Å²) in [5, 5.41) is 10.5. The highest BCUT2D eigenvalue weighted by Gasteiger charge is 2.35. The average molecular weight is 334 g/mol. The molecule has 1 aliphatic rings. The topological polar surface area (TPSA) is 79.2 Å². The molecule has 3 rings (SSSR count). The van der Waals surface area contributed by atoms with Crippen LogP contribution in [0.5, 0.6) is 5.75 Å². The number of para-hydroxylation sites is 1. The van der Waals surface area contributed by atoms with Gasteiger partial charge in [-0.3, -0.25) is 0 Å². The van der Waals surface area contributed by atoms with Crippen molar-refractivity contribution in [3.05, 3.63) is 46.7 Å². The van der Waals surface area contributed by atoms with Crippen LogP contribution in [0, 0.1) is 11.3 Å². The van der Waals surface area contributed by atoms with Crippen LogP contribution < -0.4 is 9.46 Å². The van der Waals surface area contributed by atoms with Gasteiger partial charge in [-0.2, -0.15) is 5.26 Å². The van der Waals surface area contributed by atoms with E-state index in [1.165, 1.54) is 6.07 Å². The van der Waals surface area contributed by atoms with Gasteiger partial charge in [-0.05, 0) is 23.6 Å². The second kappa shape index (κ2) is 6.08. The van der Waals surface area contributed by atoms with E-state index < -0.39 is 10.0 Å². The lowest BCUT2D eigenvalue weighted by Crippen LogP contribution is -2.48. The monoisotopic (exact) mass is 334 g/mol. The van der Waals surface area contributed by atoms with Crippen LogP contribution in [0.15, 0.2) is 46.7 Å². The molecule has 1 aromatic heterocycles. The van der Waals surface area contributed by atoms with Crippen LogP contribution in [0.25, 0.3) is 0 Å². The van der Waals surface area contributed by atoms with E-state index in [4.69, 9.17) is 10.00 Å². The second-order valence-corrected chi connectivity index (χ2v) is 7.67. The van der Waals surface area contributed by atoms with Gasteiger partial charge in [0.05, 0.1) is 0 Å². The van der Waals surface area contributed by atoms with Crippen molar-refractivity contribution in [2.75, 3.05) is 0 Å². The molecule has 0 bridgehead atoms. The van der Waals surface area contributed by atoms with Crippen molar-refractivity contribution >= 4 is 21.4 Å². The maximum Gasteiger partial charge on any atom is 0.242 e. The fourth-order valence-corrected chi connectivity index (χ4v) is 4.76. The summed E-state index contributed by atoms with van der Waals surface area (Å²) < 4.78 is 32.9. The Morgan fingerprint density at radius 2 is 1.95 bits per heavy atom. The molecule has 0 aliphatic heterocycles. The van der Waals surface area contributed by atoms with Crippen LogP contribution in [0.2, 0.25) is 0 Å². The highest BCUT2D eigenvalue weighted by atomic mass is 32.2. The van der Waals surface area contributed by atoms with Crippen molar-refractivity contribution < 1.29 is 13.2 Å². The molecule has 1 N–H and O–H groups in total. The van der Waals surface area contributed by atoms with E-state index in [9.17, 15) is 8.42 Å². The van der Waals surface area contributed by atoms with Crippen LogP contribution in [-0.2, 0) is 10.0 Å². The van der Waals surface area contributed by atoms with Crippen molar-refractivity contribution in [3.63, 3.8) is 0 Å². The molecule has 1 saturated carbocycles. The SMILES string of the molecule is N#Cc1sccc1S(=O)(=O)NC1CC(Oc2ccccc2)C1. The van der Waals surface area contributed by atoms with Gasteiger partial charge >= 0.3 is 0 Å². The number of rotatable bonds is 5. The Morgan fingerprint density at radius 3 is 2.64 bits per heavy atom. The number of ether oxygens (including phenoxy) is 1. The largest absolute Gasteiger partial charge is 0.490 e. The van der Waals surface area contributed by atoms with Gasteiger partial charge in [-0.1, -0.05) is 18.2 Å². The number of hydrogen-bond donors (Lipinski definition) is 1. The molecule has 0 spiro atoms. The summed E-state index contributed by atoms with van der Waals surface area (Å²) in [4.78, 5) is 0.274. The maximum absolute atomic E-state index is 12.2. The Morgan fingerprint density at radius 1 is 1.23 bits per heavy atom. The summed E-state index contributed by atoms with van der Waals surface area (Å²) in [6, 6.07) is 12.7. The van der Waals surface area contributed by atoms with Crippen molar-refractivity contribution in [2.45, 2.75) is 29.9 Å². The molecule has 1 aromatic carbocycles. The minimum atomic E-state index is -3.63. The van der Waals surface area contributed by atoms with Gasteiger partial charge in [0.2, 0.25) is 10.0 Å². The average Bonchev–Trinajstić information content (AvgIpc) is 2.95. The molecule has 0 radical (unpaired) electrons. The molecule has 7 heteroatoms. The van der Waals surface area contributed by atoms with Crippen molar-refractivity contribution in [1.82, 2.24) is 4.72 Å². The van der Waals surface area contributed by atoms with Gasteiger partial charge in [-0.25, -0.2) is 13.1 Å². The predicted molar refractivity (Wildman–Crippen MR) is 83.2 cm³/mol. The summed E-state index contributed by atoms with van der Waals surface area (Å²) in [7, 11) is -3.63. The zero-order chi connectivity index (χ0) is 15.6. The molecule has 114 valence electrons. The summed E-state index contributed by atoms with van der Waals surface area (Å²) in [5.74, 6) is 0.790. The van der Waals surface area contributed by atoms with E-state index in [0.717, 1.165) is 17.1 Å². The number of sulfonamides is 1. The van der Waals surface area contributed by atoms with E-state index in [1.807, 2.05) is 36.4 Å². The first-order valence-electron chi connectivity index (χ1n) is 6.80. The molecule has 0 unspecified atom stereocenters. The van der Waals surface area contributed by atoms with Gasteiger partial charge in [0.25, 0.3) is 0 Å². The highest BCUT2D eigenvalue weighted by molar-refractivity contribution is 7.89. The fourth-order valence-electron chi connectivity index (χ4n) is 2.32. The summed E-state index contributed by atoms with van der Waals surface area (Å²) in [6.07, 6.45) is 1.27. The Labute approximate surface area is 133 Å². The summed E-state index contributed by atoms with van der Waals surface area (Å²) in [6.45, 7) is 0.